The molecule has 8 nitrogen and oxygen atoms in total. The minimum atomic E-state index is -4.61. The Bertz CT molecular complexity index is 1200. The van der Waals surface area contributed by atoms with Crippen LogP contribution >= 0.6 is 7.82 Å². The number of ether oxygens (including phenoxy) is 1. The maximum atomic E-state index is 11.6. The number of phosphoric ester groups is 1. The Hall–Kier alpha value is -0.592. The van der Waals surface area contributed by atoms with Gasteiger partial charge in [0.25, 0.3) is 0 Å². The quantitative estimate of drug-likeness (QED) is 0.112. The summed E-state index contributed by atoms with van der Waals surface area (Å²) in [5.74, 6) is 0.472. The number of benzene rings is 2. The van der Waals surface area contributed by atoms with E-state index in [1.54, 1.807) is 46.8 Å². The molecule has 0 unspecified atom stereocenters. The van der Waals surface area contributed by atoms with Crippen molar-refractivity contribution in [3.8, 4) is 11.5 Å². The van der Waals surface area contributed by atoms with Gasteiger partial charge in [-0.05, 0) is 74.9 Å². The van der Waals surface area contributed by atoms with Gasteiger partial charge in [-0.3, -0.25) is 24.2 Å². The standard InChI is InChI=1S/C15H20O3.C13H19O5P.2C2H5.2CH3.2Y/c1-10-7-6-8-14(18-12(3)17)13(10)9-15(4,5)11(2)16;1-9-6-5-7-12(18-19(15,16)17)11(9)8-13(3,4)10(2)14;2*1-2;;;;/h6-8H,9H2,1-5H3;5-7H,8H2,1-4H3,(H2,15,16,17);2*1H2,2H3;2*1H3;;/q;;4*-1;;. The minimum absolute atomic E-state index is 0. The molecule has 254 valence electrons. The van der Waals surface area contributed by atoms with E-state index in [9.17, 15) is 18.9 Å². The van der Waals surface area contributed by atoms with E-state index >= 15 is 0 Å². The zero-order valence-corrected chi connectivity index (χ0v) is 36.3. The molecule has 0 aliphatic rings. The molecule has 0 aromatic heterocycles. The van der Waals surface area contributed by atoms with Crippen molar-refractivity contribution in [2.75, 3.05) is 0 Å². The van der Waals surface area contributed by atoms with Gasteiger partial charge >= 0.3 is 13.8 Å². The van der Waals surface area contributed by atoms with Gasteiger partial charge in [0, 0.05) is 83.2 Å². The number of carbonyl (C=O) groups excluding carboxylic acids is 3. The maximum Gasteiger partial charge on any atom is 0.524 e. The SMILES string of the molecule is CC(=O)C(C)(C)Cc1c(C)cccc1OP(=O)(O)O.CC(=O)Oc1cccc(C)c1CC(C)(C)C(C)=O.[CH2-]C.[CH2-]C.[CH3-].[CH3-].[Y].[Y]. The summed E-state index contributed by atoms with van der Waals surface area (Å²) in [4.78, 5) is 52.1. The molecule has 2 radical (unpaired) electrons. The van der Waals surface area contributed by atoms with Crippen molar-refractivity contribution < 1.29 is 103 Å². The fourth-order valence-electron chi connectivity index (χ4n) is 3.40. The zero-order valence-electron chi connectivity index (χ0n) is 29.7. The number of phosphoric acid groups is 1. The average Bonchev–Trinajstić information content (AvgIpc) is 2.85. The molecular weight excluding hydrogens is 745 g/mol. The molecule has 2 N–H and O–H groups in total. The summed E-state index contributed by atoms with van der Waals surface area (Å²) >= 11 is 0. The van der Waals surface area contributed by atoms with E-state index in [0.717, 1.165) is 16.7 Å². The van der Waals surface area contributed by atoms with Gasteiger partial charge in [0.05, 0.1) is 0 Å². The van der Waals surface area contributed by atoms with Crippen LogP contribution in [0.3, 0.4) is 0 Å². The largest absolute Gasteiger partial charge is 0.524 e. The van der Waals surface area contributed by atoms with Gasteiger partial charge in [-0.15, -0.1) is 0 Å². The second kappa shape index (κ2) is 26.4. The summed E-state index contributed by atoms with van der Waals surface area (Å²) in [5.41, 5.74) is 2.36. The molecular formula is C34H55O8PY2-4. The van der Waals surface area contributed by atoms with Crippen molar-refractivity contribution in [2.24, 2.45) is 10.8 Å². The van der Waals surface area contributed by atoms with Crippen LogP contribution in [-0.2, 0) is 97.2 Å². The van der Waals surface area contributed by atoms with Crippen LogP contribution in [0.15, 0.2) is 36.4 Å². The summed E-state index contributed by atoms with van der Waals surface area (Å²) in [6, 6.07) is 10.5. The minimum Gasteiger partial charge on any atom is -0.426 e. The van der Waals surface area contributed by atoms with Gasteiger partial charge in [-0.2, -0.15) is 13.8 Å². The summed E-state index contributed by atoms with van der Waals surface area (Å²) in [6.07, 6.45) is 0.932. The summed E-state index contributed by atoms with van der Waals surface area (Å²) in [7, 11) is -4.61. The predicted molar refractivity (Wildman–Crippen MR) is 178 cm³/mol. The third-order valence-electron chi connectivity index (χ3n) is 6.35. The van der Waals surface area contributed by atoms with E-state index in [4.69, 9.17) is 19.0 Å². The third kappa shape index (κ3) is 21.8. The number of carbonyl (C=O) groups is 3. The van der Waals surface area contributed by atoms with Crippen LogP contribution in [-0.4, -0.2) is 27.3 Å². The molecule has 0 saturated heterocycles. The molecule has 0 heterocycles. The number of Topliss-reactive ketones (excluding diaryl/α,β-unsaturated/α-hetero) is 2. The Morgan fingerprint density at radius 2 is 1.02 bits per heavy atom. The van der Waals surface area contributed by atoms with Crippen molar-refractivity contribution in [2.45, 2.75) is 89.0 Å². The van der Waals surface area contributed by atoms with Gasteiger partial charge in [-0.25, -0.2) is 4.57 Å². The van der Waals surface area contributed by atoms with E-state index in [0.29, 0.717) is 24.2 Å². The summed E-state index contributed by atoms with van der Waals surface area (Å²) < 4.78 is 20.9. The molecule has 11 heteroatoms. The van der Waals surface area contributed by atoms with Crippen LogP contribution in [0.5, 0.6) is 11.5 Å². The van der Waals surface area contributed by atoms with Crippen molar-refractivity contribution >= 4 is 25.4 Å². The number of hydrogen-bond donors (Lipinski definition) is 2. The first-order chi connectivity index (χ1) is 18.8. The smallest absolute Gasteiger partial charge is 0.426 e. The molecule has 0 saturated carbocycles. The van der Waals surface area contributed by atoms with Crippen molar-refractivity contribution in [3.63, 3.8) is 0 Å². The normalized spacial score (nSPS) is 9.93. The molecule has 2 rings (SSSR count). The van der Waals surface area contributed by atoms with E-state index < -0.39 is 18.7 Å². The van der Waals surface area contributed by atoms with Crippen molar-refractivity contribution in [1.29, 1.82) is 0 Å². The Morgan fingerprint density at radius 3 is 1.31 bits per heavy atom. The third-order valence-corrected chi connectivity index (χ3v) is 6.78. The summed E-state index contributed by atoms with van der Waals surface area (Å²) in [5, 5.41) is 0. The molecule has 0 aliphatic carbocycles. The first-order valence-electron chi connectivity index (χ1n) is 13.3. The molecule has 0 amide bonds. The Labute approximate surface area is 324 Å². The van der Waals surface area contributed by atoms with Crippen LogP contribution in [0, 0.1) is 53.4 Å². The first-order valence-corrected chi connectivity index (χ1v) is 14.8. The molecule has 0 fully saturated rings. The monoisotopic (exact) mass is 800 g/mol. The number of hydrogen-bond acceptors (Lipinski definition) is 6. The summed E-state index contributed by atoms with van der Waals surface area (Å²) in [6.45, 7) is 25.6. The Balaban J connectivity index is -0.000000141. The Morgan fingerprint density at radius 1 is 0.711 bits per heavy atom. The van der Waals surface area contributed by atoms with Crippen LogP contribution < -0.4 is 9.26 Å². The van der Waals surface area contributed by atoms with E-state index in [1.165, 1.54) is 19.9 Å². The maximum absolute atomic E-state index is 11.6. The average molecular weight is 801 g/mol. The molecule has 0 atom stereocenters. The molecule has 2 aromatic carbocycles. The van der Waals surface area contributed by atoms with E-state index in [1.807, 2.05) is 45.9 Å². The van der Waals surface area contributed by atoms with E-state index in [-0.39, 0.29) is 104 Å². The first kappa shape index (κ1) is 56.7. The number of aryl methyl sites for hydroxylation is 2. The van der Waals surface area contributed by atoms with Crippen LogP contribution in [0.4, 0.5) is 0 Å². The topological polar surface area (TPSA) is 127 Å². The van der Waals surface area contributed by atoms with Gasteiger partial charge in [0.15, 0.2) is 0 Å². The molecule has 45 heavy (non-hydrogen) atoms. The second-order valence-corrected chi connectivity index (χ2v) is 11.7. The van der Waals surface area contributed by atoms with Crippen LogP contribution in [0.1, 0.15) is 84.6 Å². The number of esters is 1. The fraction of sp³-hybridized carbons (Fsp3) is 0.441. The molecule has 2 aromatic rings. The predicted octanol–water partition coefficient (Wildman–Crippen LogP) is 8.28. The fourth-order valence-corrected chi connectivity index (χ4v) is 3.83. The van der Waals surface area contributed by atoms with Crippen molar-refractivity contribution in [3.05, 3.63) is 87.4 Å². The number of rotatable bonds is 9. The van der Waals surface area contributed by atoms with Crippen molar-refractivity contribution in [1.82, 2.24) is 0 Å². The number of ketones is 2. The second-order valence-electron chi connectivity index (χ2n) is 10.5. The van der Waals surface area contributed by atoms with Crippen LogP contribution in [0.2, 0.25) is 0 Å². The van der Waals surface area contributed by atoms with Gasteiger partial charge in [0.2, 0.25) is 0 Å². The zero-order chi connectivity index (χ0) is 32.8. The van der Waals surface area contributed by atoms with Gasteiger partial charge < -0.3 is 38.0 Å². The van der Waals surface area contributed by atoms with E-state index in [2.05, 4.69) is 13.8 Å². The van der Waals surface area contributed by atoms with Crippen LogP contribution in [0.25, 0.3) is 0 Å². The van der Waals surface area contributed by atoms with Gasteiger partial charge in [-0.1, -0.05) is 52.0 Å². The van der Waals surface area contributed by atoms with Gasteiger partial charge in [0.1, 0.15) is 23.1 Å². The Kier molecular flexibility index (Phi) is 33.2. The molecule has 0 aliphatic heterocycles. The molecule has 0 spiro atoms. The molecule has 0 bridgehead atoms.